The minimum Gasteiger partial charge on any atom is -0.435 e. The third-order valence-corrected chi connectivity index (χ3v) is 2.79. The van der Waals surface area contributed by atoms with Crippen LogP contribution in [0.5, 0.6) is 0 Å². The summed E-state index contributed by atoms with van der Waals surface area (Å²) >= 11 is 0. The smallest absolute Gasteiger partial charge is 0.435 e. The summed E-state index contributed by atoms with van der Waals surface area (Å²) in [6, 6.07) is -0.136. The quantitative estimate of drug-likeness (QED) is 0.494. The van der Waals surface area contributed by atoms with Gasteiger partial charge in [-0.25, -0.2) is 4.79 Å². The molecule has 1 aliphatic rings. The Bertz CT molecular complexity index is 262. The van der Waals surface area contributed by atoms with Gasteiger partial charge in [-0.1, -0.05) is 6.58 Å². The maximum Gasteiger partial charge on any atom is 0.521 e. The molecule has 0 radical (unpaired) electrons. The van der Waals surface area contributed by atoms with Gasteiger partial charge in [0, 0.05) is 18.9 Å². The highest BCUT2D eigenvalue weighted by atomic mass is 16.4. The maximum absolute atomic E-state index is 11.5. The van der Waals surface area contributed by atoms with Crippen LogP contribution in [0.3, 0.4) is 0 Å². The van der Waals surface area contributed by atoms with Crippen LogP contribution >= 0.6 is 0 Å². The van der Waals surface area contributed by atoms with Crippen molar-refractivity contribution in [2.45, 2.75) is 25.8 Å². The number of carbonyl (C=O) groups is 2. The summed E-state index contributed by atoms with van der Waals surface area (Å²) in [6.07, 6.45) is 1.62. The second-order valence-electron chi connectivity index (χ2n) is 3.41. The molecule has 1 heterocycles. The van der Waals surface area contributed by atoms with E-state index in [9.17, 15) is 9.59 Å². The Morgan fingerprint density at radius 2 is 2.23 bits per heavy atom. The normalized spacial score (nSPS) is 32.8. The Morgan fingerprint density at radius 1 is 1.62 bits per heavy atom. The van der Waals surface area contributed by atoms with Gasteiger partial charge < -0.3 is 5.11 Å². The number of amides is 2. The maximum atomic E-state index is 11.5. The summed E-state index contributed by atoms with van der Waals surface area (Å²) in [5.74, 6) is -0.405. The third-order valence-electron chi connectivity index (χ3n) is 2.79. The molecule has 1 saturated heterocycles. The number of nitrogens with zero attached hydrogens (tertiary/aromatic N) is 1. The number of carboxylic acid groups (broad SMARTS) is 1. The third kappa shape index (κ3) is 1.27. The molecule has 0 spiro atoms. The minimum atomic E-state index is -1.06. The SMILES string of the molecule is C=CC(=O)[N+]1(C(=O)O)CCC[C@H]1C. The van der Waals surface area contributed by atoms with Crippen molar-refractivity contribution in [3.05, 3.63) is 12.7 Å². The number of likely N-dealkylation sites (tertiary alicyclic amines) is 1. The first-order valence-corrected chi connectivity index (χ1v) is 4.34. The lowest BCUT2D eigenvalue weighted by Crippen LogP contribution is -2.57. The molecule has 0 aromatic rings. The van der Waals surface area contributed by atoms with Gasteiger partial charge in [0.05, 0.1) is 6.54 Å². The lowest BCUT2D eigenvalue weighted by Gasteiger charge is -2.28. The number of quaternary nitrogens is 1. The molecule has 13 heavy (non-hydrogen) atoms. The van der Waals surface area contributed by atoms with Crippen molar-refractivity contribution in [3.8, 4) is 0 Å². The number of carbonyl (C=O) groups excluding carboxylic acids is 1. The Morgan fingerprint density at radius 3 is 2.54 bits per heavy atom. The van der Waals surface area contributed by atoms with E-state index in [-0.39, 0.29) is 6.04 Å². The Hall–Kier alpha value is -1.16. The predicted molar refractivity (Wildman–Crippen MR) is 47.1 cm³/mol. The fourth-order valence-electron chi connectivity index (χ4n) is 1.95. The Balaban J connectivity index is 3.07. The van der Waals surface area contributed by atoms with Crippen LogP contribution in [0.4, 0.5) is 4.79 Å². The molecular weight excluding hydrogens is 170 g/mol. The summed E-state index contributed by atoms with van der Waals surface area (Å²) < 4.78 is -0.469. The number of rotatable bonds is 1. The number of imide groups is 1. The fraction of sp³-hybridized carbons (Fsp3) is 0.556. The zero-order chi connectivity index (χ0) is 10.1. The second kappa shape index (κ2) is 3.30. The van der Waals surface area contributed by atoms with E-state index >= 15 is 0 Å². The lowest BCUT2D eigenvalue weighted by molar-refractivity contribution is -0.789. The number of hydrogen-bond acceptors (Lipinski definition) is 2. The zero-order valence-corrected chi connectivity index (χ0v) is 7.69. The van der Waals surface area contributed by atoms with Gasteiger partial charge in [0.1, 0.15) is 6.04 Å². The van der Waals surface area contributed by atoms with Gasteiger partial charge in [-0.05, 0) is 6.92 Å². The average Bonchev–Trinajstić information content (AvgIpc) is 2.47. The molecule has 0 bridgehead atoms. The van der Waals surface area contributed by atoms with Crippen molar-refractivity contribution in [1.82, 2.24) is 0 Å². The van der Waals surface area contributed by atoms with E-state index in [0.717, 1.165) is 18.9 Å². The first-order chi connectivity index (χ1) is 6.05. The molecule has 4 nitrogen and oxygen atoms in total. The van der Waals surface area contributed by atoms with Crippen molar-refractivity contribution in [2.24, 2.45) is 0 Å². The van der Waals surface area contributed by atoms with E-state index in [1.165, 1.54) is 0 Å². The van der Waals surface area contributed by atoms with Crippen molar-refractivity contribution < 1.29 is 19.2 Å². The van der Waals surface area contributed by atoms with E-state index in [1.807, 2.05) is 0 Å². The van der Waals surface area contributed by atoms with Gasteiger partial charge in [-0.15, -0.1) is 0 Å². The van der Waals surface area contributed by atoms with Crippen LogP contribution in [-0.2, 0) is 4.79 Å². The predicted octanol–water partition coefficient (Wildman–Crippen LogP) is 1.38. The van der Waals surface area contributed by atoms with Gasteiger partial charge >= 0.3 is 12.0 Å². The highest BCUT2D eigenvalue weighted by molar-refractivity contribution is 5.88. The fourth-order valence-corrected chi connectivity index (χ4v) is 1.95. The summed E-state index contributed by atoms with van der Waals surface area (Å²) in [4.78, 5) is 22.5. The highest BCUT2D eigenvalue weighted by Crippen LogP contribution is 2.27. The second-order valence-corrected chi connectivity index (χ2v) is 3.41. The molecule has 2 atom stereocenters. The summed E-state index contributed by atoms with van der Waals surface area (Å²) in [5.41, 5.74) is 0. The van der Waals surface area contributed by atoms with Crippen LogP contribution < -0.4 is 0 Å². The molecule has 1 N–H and O–H groups in total. The van der Waals surface area contributed by atoms with Crippen LogP contribution in [0.2, 0.25) is 0 Å². The summed E-state index contributed by atoms with van der Waals surface area (Å²) in [7, 11) is 0. The van der Waals surface area contributed by atoms with Gasteiger partial charge in [0.25, 0.3) is 0 Å². The first-order valence-electron chi connectivity index (χ1n) is 4.34. The zero-order valence-electron chi connectivity index (χ0n) is 7.69. The molecule has 0 aliphatic carbocycles. The van der Waals surface area contributed by atoms with Gasteiger partial charge in [0.15, 0.2) is 0 Å². The molecule has 72 valence electrons. The van der Waals surface area contributed by atoms with Crippen LogP contribution in [0.1, 0.15) is 19.8 Å². The van der Waals surface area contributed by atoms with Gasteiger partial charge in [-0.3, -0.25) is 0 Å². The highest BCUT2D eigenvalue weighted by Gasteiger charge is 2.51. The minimum absolute atomic E-state index is 0.136. The van der Waals surface area contributed by atoms with Crippen molar-refractivity contribution in [2.75, 3.05) is 6.54 Å². The molecule has 1 aliphatic heterocycles. The molecule has 0 aromatic heterocycles. The summed E-state index contributed by atoms with van der Waals surface area (Å²) in [5, 5.41) is 9.04. The van der Waals surface area contributed by atoms with Crippen LogP contribution in [0.25, 0.3) is 0 Å². The largest absolute Gasteiger partial charge is 0.521 e. The van der Waals surface area contributed by atoms with Gasteiger partial charge in [0.2, 0.25) is 0 Å². The molecule has 2 amide bonds. The van der Waals surface area contributed by atoms with Crippen LogP contribution in [0, 0.1) is 0 Å². The van der Waals surface area contributed by atoms with Crippen LogP contribution in [-0.4, -0.2) is 34.2 Å². The molecule has 4 heteroatoms. The molecule has 0 saturated carbocycles. The van der Waals surface area contributed by atoms with E-state index < -0.39 is 16.5 Å². The molecule has 1 fully saturated rings. The van der Waals surface area contributed by atoms with E-state index in [1.54, 1.807) is 6.92 Å². The van der Waals surface area contributed by atoms with E-state index in [0.29, 0.717) is 6.54 Å². The molecule has 0 aromatic carbocycles. The first kappa shape index (κ1) is 9.92. The molecule has 1 unspecified atom stereocenters. The Labute approximate surface area is 77.1 Å². The molecule has 1 rings (SSSR count). The van der Waals surface area contributed by atoms with E-state index in [4.69, 9.17) is 5.11 Å². The van der Waals surface area contributed by atoms with E-state index in [2.05, 4.69) is 6.58 Å². The van der Waals surface area contributed by atoms with Crippen molar-refractivity contribution in [3.63, 3.8) is 0 Å². The lowest BCUT2D eigenvalue weighted by atomic mass is 10.2. The average molecular weight is 184 g/mol. The van der Waals surface area contributed by atoms with Crippen molar-refractivity contribution >= 4 is 12.0 Å². The van der Waals surface area contributed by atoms with Crippen LogP contribution in [0.15, 0.2) is 12.7 Å². The summed E-state index contributed by atoms with van der Waals surface area (Å²) in [6.45, 7) is 5.52. The Kier molecular flexibility index (Phi) is 2.52. The van der Waals surface area contributed by atoms with Gasteiger partial charge in [-0.2, -0.15) is 9.28 Å². The number of hydrogen-bond donors (Lipinski definition) is 1. The standard InChI is InChI=1S/C9H13NO3/c1-3-8(11)10(9(12)13)6-4-5-7(10)2/h3,7H,1,4-6H2,2H3/p+1/t7-,10?/m1/s1. The molecular formula is C9H14NO3+. The monoisotopic (exact) mass is 184 g/mol. The van der Waals surface area contributed by atoms with Crippen molar-refractivity contribution in [1.29, 1.82) is 0 Å². The topological polar surface area (TPSA) is 54.4 Å².